The van der Waals surface area contributed by atoms with Crippen molar-refractivity contribution in [1.82, 2.24) is 15.1 Å². The Kier molecular flexibility index (Phi) is 7.29. The zero-order chi connectivity index (χ0) is 30.4. The van der Waals surface area contributed by atoms with E-state index < -0.39 is 6.36 Å². The van der Waals surface area contributed by atoms with Crippen LogP contribution in [0.5, 0.6) is 5.75 Å². The molecule has 0 bridgehead atoms. The first kappa shape index (κ1) is 28.4. The summed E-state index contributed by atoms with van der Waals surface area (Å²) in [6, 6.07) is 13.8. The molecule has 2 aliphatic heterocycles. The number of benzene rings is 3. The van der Waals surface area contributed by atoms with Gasteiger partial charge in [-0.2, -0.15) is 0 Å². The number of hydrogen-bond donors (Lipinski definition) is 1. The van der Waals surface area contributed by atoms with E-state index in [1.165, 1.54) is 53.3 Å². The number of aromatic nitrogens is 2. The minimum absolute atomic E-state index is 0.302. The summed E-state index contributed by atoms with van der Waals surface area (Å²) < 4.78 is 55.5. The van der Waals surface area contributed by atoms with Crippen LogP contribution in [-0.4, -0.2) is 60.0 Å². The summed E-state index contributed by atoms with van der Waals surface area (Å²) in [5, 5.41) is 15.3. The Morgan fingerprint density at radius 3 is 2.27 bits per heavy atom. The number of halogens is 4. The maximum absolute atomic E-state index is 13.5. The van der Waals surface area contributed by atoms with Crippen LogP contribution in [0.4, 0.5) is 39.8 Å². The molecule has 3 aliphatic rings. The third kappa shape index (κ3) is 5.89. The Balaban J connectivity index is 1.29. The number of fused-ring (bicyclic) bond motifs is 1. The summed E-state index contributed by atoms with van der Waals surface area (Å²) in [6.07, 6.45) is -2.91. The number of aliphatic imine (C=N–C) groups is 1. The van der Waals surface area contributed by atoms with Gasteiger partial charge in [0, 0.05) is 42.5 Å². The van der Waals surface area contributed by atoms with E-state index in [1.807, 2.05) is 6.07 Å². The second-order valence-corrected chi connectivity index (χ2v) is 11.7. The minimum Gasteiger partial charge on any atom is -0.406 e. The van der Waals surface area contributed by atoms with Gasteiger partial charge in [-0.05, 0) is 74.0 Å². The quantitative estimate of drug-likeness (QED) is 0.264. The first-order chi connectivity index (χ1) is 21.2. The molecule has 4 aromatic rings. The lowest BCUT2D eigenvalue weighted by molar-refractivity contribution is -0.274. The van der Waals surface area contributed by atoms with Crippen molar-refractivity contribution in [1.29, 1.82) is 0 Å². The van der Waals surface area contributed by atoms with E-state index in [0.29, 0.717) is 27.2 Å². The first-order valence-electron chi connectivity index (χ1n) is 14.3. The van der Waals surface area contributed by atoms with Gasteiger partial charge in [0.25, 0.3) is 0 Å². The number of anilines is 3. The van der Waals surface area contributed by atoms with E-state index in [0.717, 1.165) is 73.1 Å². The number of rotatable bonds is 7. The number of alkyl halides is 3. The number of nitrogens with one attached hydrogen (secondary N) is 1. The fourth-order valence-corrected chi connectivity index (χ4v) is 6.20. The van der Waals surface area contributed by atoms with Gasteiger partial charge in [-0.25, -0.2) is 14.4 Å². The van der Waals surface area contributed by atoms with E-state index in [1.54, 1.807) is 12.1 Å². The van der Waals surface area contributed by atoms with Crippen molar-refractivity contribution in [2.24, 2.45) is 9.98 Å². The Hall–Kier alpha value is -4.36. The average Bonchev–Trinajstić information content (AvgIpc) is 3.58. The molecule has 44 heavy (non-hydrogen) atoms. The molecule has 1 saturated heterocycles. The highest BCUT2D eigenvalue weighted by Gasteiger charge is 2.31. The van der Waals surface area contributed by atoms with Crippen molar-refractivity contribution < 1.29 is 22.3 Å². The molecule has 1 saturated carbocycles. The van der Waals surface area contributed by atoms with E-state index in [9.17, 15) is 17.6 Å². The molecular weight excluding hydrogens is 594 g/mol. The monoisotopic (exact) mass is 621 g/mol. The van der Waals surface area contributed by atoms with Gasteiger partial charge in [0.1, 0.15) is 21.9 Å². The Morgan fingerprint density at radius 2 is 1.61 bits per heavy atom. The first-order valence-corrected chi connectivity index (χ1v) is 15.1. The molecule has 0 atom stereocenters. The van der Waals surface area contributed by atoms with Gasteiger partial charge in [0.2, 0.25) is 5.13 Å². The molecule has 226 valence electrons. The molecule has 0 unspecified atom stereocenters. The average molecular weight is 622 g/mol. The van der Waals surface area contributed by atoms with Gasteiger partial charge in [0.15, 0.2) is 5.84 Å². The highest BCUT2D eigenvalue weighted by Crippen LogP contribution is 2.36. The van der Waals surface area contributed by atoms with Crippen LogP contribution >= 0.6 is 11.3 Å². The molecule has 7 rings (SSSR count). The third-order valence-corrected chi connectivity index (χ3v) is 8.70. The molecule has 13 heteroatoms. The number of likely N-dealkylation sites (N-methyl/N-ethyl adjacent to an activating group) is 1. The van der Waals surface area contributed by atoms with Crippen LogP contribution in [0.1, 0.15) is 25.3 Å². The van der Waals surface area contributed by atoms with Gasteiger partial charge in [-0.1, -0.05) is 23.8 Å². The normalized spacial score (nSPS) is 16.4. The van der Waals surface area contributed by atoms with Crippen LogP contribution in [0.15, 0.2) is 64.6 Å². The fourth-order valence-electron chi connectivity index (χ4n) is 5.45. The highest BCUT2D eigenvalue weighted by atomic mass is 32.1. The molecule has 1 N–H and O–H groups in total. The summed E-state index contributed by atoms with van der Waals surface area (Å²) in [5.74, 6) is -0.192. The summed E-state index contributed by atoms with van der Waals surface area (Å²) in [7, 11) is 0. The van der Waals surface area contributed by atoms with Crippen LogP contribution in [0.2, 0.25) is 0 Å². The molecule has 0 spiro atoms. The molecule has 2 fully saturated rings. The summed E-state index contributed by atoms with van der Waals surface area (Å²) in [6.45, 7) is 6.67. The Morgan fingerprint density at radius 1 is 0.909 bits per heavy atom. The van der Waals surface area contributed by atoms with E-state index in [-0.39, 0.29) is 11.6 Å². The molecule has 0 amide bonds. The number of amidine groups is 1. The van der Waals surface area contributed by atoms with Crippen LogP contribution in [0, 0.1) is 5.82 Å². The van der Waals surface area contributed by atoms with E-state index >= 15 is 0 Å². The van der Waals surface area contributed by atoms with Crippen molar-refractivity contribution in [2.75, 3.05) is 42.9 Å². The highest BCUT2D eigenvalue weighted by molar-refractivity contribution is 7.18. The van der Waals surface area contributed by atoms with Crippen molar-refractivity contribution in [3.63, 3.8) is 0 Å². The molecule has 1 aliphatic carbocycles. The number of ether oxygens (including phenoxy) is 1. The Bertz CT molecular complexity index is 1860. The van der Waals surface area contributed by atoms with Crippen LogP contribution in [-0.2, 0) is 0 Å². The molecule has 8 nitrogen and oxygen atoms in total. The van der Waals surface area contributed by atoms with Crippen LogP contribution in [0.3, 0.4) is 0 Å². The predicted octanol–water partition coefficient (Wildman–Crippen LogP) is 5.78. The van der Waals surface area contributed by atoms with Crippen LogP contribution < -0.4 is 25.5 Å². The number of piperazine rings is 1. The zero-order valence-corrected chi connectivity index (χ0v) is 24.5. The lowest BCUT2D eigenvalue weighted by Gasteiger charge is -2.36. The predicted molar refractivity (Wildman–Crippen MR) is 162 cm³/mol. The zero-order valence-electron chi connectivity index (χ0n) is 23.7. The van der Waals surface area contributed by atoms with Gasteiger partial charge in [0.05, 0.1) is 17.1 Å². The lowest BCUT2D eigenvalue weighted by Crippen LogP contribution is -2.47. The summed E-state index contributed by atoms with van der Waals surface area (Å²) in [5.41, 5.74) is 5.20. The van der Waals surface area contributed by atoms with Crippen molar-refractivity contribution in [2.45, 2.75) is 26.1 Å². The van der Waals surface area contributed by atoms with Gasteiger partial charge in [-0.3, -0.25) is 0 Å². The largest absolute Gasteiger partial charge is 0.573 e. The van der Waals surface area contributed by atoms with E-state index in [2.05, 4.69) is 37.0 Å². The van der Waals surface area contributed by atoms with Crippen molar-refractivity contribution in [3.05, 3.63) is 76.6 Å². The summed E-state index contributed by atoms with van der Waals surface area (Å²) >= 11 is 1.38. The minimum atomic E-state index is -4.77. The SMILES string of the molecule is CCN1CCN(c2cc3c(c(=C4CC4)c2Nc2nnc(-c4ccc(F)cc4)s2)=NC(c2ccc(OC(F)(F)F)cc2)=N3)CC1. The van der Waals surface area contributed by atoms with Gasteiger partial charge in [-0.15, -0.1) is 23.4 Å². The molecule has 0 radical (unpaired) electrons. The third-order valence-electron chi connectivity index (χ3n) is 7.81. The van der Waals surface area contributed by atoms with Crippen molar-refractivity contribution in [3.8, 4) is 16.3 Å². The smallest absolute Gasteiger partial charge is 0.406 e. The molecule has 3 heterocycles. The maximum Gasteiger partial charge on any atom is 0.573 e. The topological polar surface area (TPSA) is 78.2 Å². The standard InChI is InChI=1S/C31H27F4N7OS/c1-2-41-13-15-42(16-14-41)24-17-23-26(37-28(36-23)19-7-11-22(12-8-19)43-31(33,34)35)25(18-3-4-18)27(24)38-30-40-39-29(44-30)20-5-9-21(32)10-6-20/h5-12,17H,2-4,13-16H2,1H3,(H,38,40). The molecular formula is C31H27F4N7OS. The second kappa shape index (κ2) is 11.3. The van der Waals surface area contributed by atoms with Crippen molar-refractivity contribution >= 4 is 44.9 Å². The fraction of sp³-hybridized carbons (Fsp3) is 0.290. The van der Waals surface area contributed by atoms with Gasteiger partial charge < -0.3 is 19.9 Å². The maximum atomic E-state index is 13.5. The lowest BCUT2D eigenvalue weighted by atomic mass is 10.1. The second-order valence-electron chi connectivity index (χ2n) is 10.7. The van der Waals surface area contributed by atoms with Crippen LogP contribution in [0.25, 0.3) is 16.1 Å². The number of nitrogens with zero attached hydrogens (tertiary/aromatic N) is 6. The molecule has 1 aromatic heterocycles. The van der Waals surface area contributed by atoms with E-state index in [4.69, 9.17) is 9.98 Å². The molecule has 3 aromatic carbocycles. The number of hydrogen-bond acceptors (Lipinski definition) is 9. The summed E-state index contributed by atoms with van der Waals surface area (Å²) in [4.78, 5) is 14.5. The van der Waals surface area contributed by atoms with Gasteiger partial charge >= 0.3 is 6.36 Å². The Labute approximate surface area is 254 Å².